The SMILES string of the molecule is CC(C)(C)c1ccc(-c2cc3c(s2)C2=Nc4c5sc(-c6ccc(C(C)(C)C)cc6)cc5cn4[N+](F)(F)[N+]2=C3)cc1. The Labute approximate surface area is 240 Å². The molecule has 5 heterocycles. The summed E-state index contributed by atoms with van der Waals surface area (Å²) in [4.78, 5) is 7.69. The third kappa shape index (κ3) is 3.84. The maximum absolute atomic E-state index is 15.8. The molecule has 0 N–H and O–H groups in total. The highest BCUT2D eigenvalue weighted by molar-refractivity contribution is 7.22. The van der Waals surface area contributed by atoms with Gasteiger partial charge in [0.25, 0.3) is 0 Å². The molecule has 8 heteroatoms. The van der Waals surface area contributed by atoms with Crippen molar-refractivity contribution >= 4 is 50.6 Å². The van der Waals surface area contributed by atoms with Crippen LogP contribution in [0.5, 0.6) is 0 Å². The van der Waals surface area contributed by atoms with E-state index in [1.807, 2.05) is 12.1 Å². The molecule has 0 saturated heterocycles. The molecule has 2 aromatic carbocycles. The van der Waals surface area contributed by atoms with Gasteiger partial charge in [-0.2, -0.15) is 0 Å². The first kappa shape index (κ1) is 25.5. The van der Waals surface area contributed by atoms with Crippen molar-refractivity contribution in [2.45, 2.75) is 52.4 Å². The number of amidine groups is 1. The zero-order valence-corrected chi connectivity index (χ0v) is 24.9. The van der Waals surface area contributed by atoms with Crippen LogP contribution in [0.1, 0.15) is 63.1 Å². The summed E-state index contributed by atoms with van der Waals surface area (Å²) in [5, 5.41) is -1.67. The van der Waals surface area contributed by atoms with Crippen LogP contribution in [0.3, 0.4) is 0 Å². The van der Waals surface area contributed by atoms with E-state index in [0.717, 1.165) is 50.8 Å². The Kier molecular flexibility index (Phi) is 5.28. The molecule has 0 bridgehead atoms. The fraction of sp³-hybridized carbons (Fsp3) is 0.250. The third-order valence-corrected chi connectivity index (χ3v) is 10.1. The number of aromatic nitrogens is 1. The van der Waals surface area contributed by atoms with E-state index < -0.39 is 5.15 Å². The largest absolute Gasteiger partial charge is 0.403 e. The van der Waals surface area contributed by atoms with E-state index in [2.05, 4.69) is 90.1 Å². The van der Waals surface area contributed by atoms with Crippen LogP contribution in [0.2, 0.25) is 0 Å². The minimum atomic E-state index is -2.44. The molecule has 40 heavy (non-hydrogen) atoms. The standard InChI is InChI=1S/C32H30F2N4S2/c1-31(2,3)23-11-7-19(8-12-23)25-15-21-17-36-29(27(21)39-25)35-30-28-22(18-37(30)38(36,33)34)16-26(40-28)20-9-13-24(14-10-20)32(4,5)6/h7-18H,1-6H3/q+2. The first-order valence-electron chi connectivity index (χ1n) is 13.3. The van der Waals surface area contributed by atoms with Crippen LogP contribution >= 0.6 is 22.7 Å². The number of halogens is 2. The highest BCUT2D eigenvalue weighted by Gasteiger charge is 2.58. The van der Waals surface area contributed by atoms with Gasteiger partial charge in [-0.15, -0.1) is 22.7 Å². The Bertz CT molecular complexity index is 1870. The van der Waals surface area contributed by atoms with Crippen LogP contribution in [0.25, 0.3) is 31.0 Å². The fourth-order valence-corrected chi connectivity index (χ4v) is 7.51. The minimum Gasteiger partial charge on any atom is -0.129 e. The molecule has 0 aliphatic carbocycles. The lowest BCUT2D eigenvalue weighted by Gasteiger charge is -2.19. The van der Waals surface area contributed by atoms with Gasteiger partial charge in [-0.05, 0) is 54.9 Å². The second kappa shape index (κ2) is 8.28. The van der Waals surface area contributed by atoms with Gasteiger partial charge in [0.1, 0.15) is 18.5 Å². The topological polar surface area (TPSA) is 20.3 Å². The number of fused-ring (bicyclic) bond motifs is 6. The van der Waals surface area contributed by atoms with Crippen molar-refractivity contribution in [3.8, 4) is 20.9 Å². The van der Waals surface area contributed by atoms with Crippen LogP contribution in [0, 0.1) is 0 Å². The lowest BCUT2D eigenvalue weighted by Crippen LogP contribution is -2.54. The van der Waals surface area contributed by atoms with E-state index in [-0.39, 0.29) is 10.8 Å². The maximum Gasteiger partial charge on any atom is 0.403 e. The Hall–Kier alpha value is -3.46. The Balaban J connectivity index is 1.28. The van der Waals surface area contributed by atoms with Crippen molar-refractivity contribution in [2.75, 3.05) is 0 Å². The number of hydrogen-bond acceptors (Lipinski definition) is 3. The molecule has 0 radical (unpaired) electrons. The quantitative estimate of drug-likeness (QED) is 0.148. The van der Waals surface area contributed by atoms with Crippen LogP contribution in [0.4, 0.5) is 14.8 Å². The maximum atomic E-state index is 15.8. The van der Waals surface area contributed by atoms with E-state index in [1.54, 1.807) is 0 Å². The smallest absolute Gasteiger partial charge is 0.129 e. The van der Waals surface area contributed by atoms with Crippen molar-refractivity contribution in [3.05, 3.63) is 88.4 Å². The normalized spacial score (nSPS) is 16.0. The van der Waals surface area contributed by atoms with Gasteiger partial charge in [0.2, 0.25) is 0 Å². The third-order valence-electron chi connectivity index (χ3n) is 7.69. The van der Waals surface area contributed by atoms with E-state index >= 15 is 8.96 Å². The number of nitrogens with zero attached hydrogens (tertiary/aromatic N) is 4. The van der Waals surface area contributed by atoms with Gasteiger partial charge in [-0.25, -0.2) is 0 Å². The van der Waals surface area contributed by atoms with E-state index in [4.69, 9.17) is 4.99 Å². The van der Waals surface area contributed by atoms with Crippen LogP contribution in [0.15, 0.2) is 71.9 Å². The fourth-order valence-electron chi connectivity index (χ4n) is 5.27. The van der Waals surface area contributed by atoms with Crippen LogP contribution < -0.4 is 5.15 Å². The van der Waals surface area contributed by atoms with Gasteiger partial charge in [-0.3, -0.25) is 0 Å². The summed E-state index contributed by atoms with van der Waals surface area (Å²) in [6, 6.07) is 21.0. The summed E-state index contributed by atoms with van der Waals surface area (Å²) in [5.74, 6) is 0.582. The predicted octanol–water partition coefficient (Wildman–Crippen LogP) is 9.35. The minimum absolute atomic E-state index is 0.0716. The van der Waals surface area contributed by atoms with Gasteiger partial charge in [-0.1, -0.05) is 90.1 Å². The second-order valence-electron chi connectivity index (χ2n) is 12.6. The van der Waals surface area contributed by atoms with Crippen LogP contribution in [-0.2, 0) is 10.8 Å². The molecule has 0 unspecified atom stereocenters. The molecular weight excluding hydrogens is 543 g/mol. The first-order valence-corrected chi connectivity index (χ1v) is 15.0. The molecule has 0 fully saturated rings. The van der Waals surface area contributed by atoms with Gasteiger partial charge >= 0.3 is 16.8 Å². The number of benzene rings is 2. The number of hydrogen-bond donors (Lipinski definition) is 0. The molecule has 2 aliphatic heterocycles. The molecule has 3 aromatic heterocycles. The summed E-state index contributed by atoms with van der Waals surface area (Å²) in [6.45, 7) is 13.1. The van der Waals surface area contributed by atoms with E-state index in [9.17, 15) is 0 Å². The molecule has 7 rings (SSSR count). The first-order chi connectivity index (χ1) is 18.8. The molecule has 0 saturated carbocycles. The van der Waals surface area contributed by atoms with Crippen LogP contribution in [-0.4, -0.2) is 21.4 Å². The number of thiophene rings is 2. The van der Waals surface area contributed by atoms with Crippen molar-refractivity contribution in [3.63, 3.8) is 0 Å². The Morgan fingerprint density at radius 2 is 1.32 bits per heavy atom. The van der Waals surface area contributed by atoms with Crippen molar-refractivity contribution < 1.29 is 13.6 Å². The summed E-state index contributed by atoms with van der Waals surface area (Å²) in [7, 11) is 0. The zero-order valence-electron chi connectivity index (χ0n) is 23.3. The number of quaternary nitrogens is 1. The molecule has 5 aromatic rings. The molecule has 2 aliphatic rings. The highest BCUT2D eigenvalue weighted by atomic mass is 32.1. The van der Waals surface area contributed by atoms with Gasteiger partial charge in [0.05, 0.1) is 6.20 Å². The number of rotatable bonds is 2. The summed E-state index contributed by atoms with van der Waals surface area (Å²) < 4.78 is 34.3. The number of aliphatic imine (C=N–C) groups is 1. The van der Waals surface area contributed by atoms with E-state index in [0.29, 0.717) is 11.7 Å². The van der Waals surface area contributed by atoms with Gasteiger partial charge in [0.15, 0.2) is 6.21 Å². The second-order valence-corrected chi connectivity index (χ2v) is 14.7. The highest BCUT2D eigenvalue weighted by Crippen LogP contribution is 2.45. The van der Waals surface area contributed by atoms with E-state index in [1.165, 1.54) is 46.2 Å². The van der Waals surface area contributed by atoms with Crippen molar-refractivity contribution in [1.82, 2.24) is 9.82 Å². The zero-order chi connectivity index (χ0) is 28.2. The summed E-state index contributed by atoms with van der Waals surface area (Å²) in [5.41, 5.74) is 5.59. The van der Waals surface area contributed by atoms with Gasteiger partial charge < -0.3 is 0 Å². The van der Waals surface area contributed by atoms with Crippen molar-refractivity contribution in [2.24, 2.45) is 4.99 Å². The predicted molar refractivity (Wildman–Crippen MR) is 164 cm³/mol. The molecule has 0 atom stereocenters. The van der Waals surface area contributed by atoms with Gasteiger partial charge in [0, 0.05) is 25.4 Å². The lowest BCUT2D eigenvalue weighted by atomic mass is 9.86. The molecule has 0 spiro atoms. The average Bonchev–Trinajstić information content (AvgIpc) is 3.64. The molecule has 0 amide bonds. The summed E-state index contributed by atoms with van der Waals surface area (Å²) in [6.07, 6.45) is 3.02. The molecular formula is C32H30F2N4S2+2. The molecule has 202 valence electrons. The van der Waals surface area contributed by atoms with Crippen molar-refractivity contribution in [1.29, 1.82) is 0 Å². The molecule has 4 nitrogen and oxygen atoms in total. The Morgan fingerprint density at radius 1 is 0.775 bits per heavy atom. The monoisotopic (exact) mass is 572 g/mol. The average molecular weight is 573 g/mol. The lowest BCUT2D eigenvalue weighted by molar-refractivity contribution is -0.733. The summed E-state index contributed by atoms with van der Waals surface area (Å²) >= 11 is 3.02. The Morgan fingerprint density at radius 3 is 1.88 bits per heavy atom.